The molecule has 4 N–H and O–H groups in total. The van der Waals surface area contributed by atoms with Gasteiger partial charge in [-0.3, -0.25) is 0 Å². The topological polar surface area (TPSA) is 58.3 Å². The van der Waals surface area contributed by atoms with Crippen LogP contribution in [-0.4, -0.2) is 36.5 Å². The molecule has 0 spiro atoms. The Hall–Kier alpha value is -0.330. The van der Waals surface area contributed by atoms with E-state index in [0.717, 1.165) is 25.8 Å². The van der Waals surface area contributed by atoms with E-state index in [9.17, 15) is 13.2 Å². The molecule has 0 aliphatic rings. The van der Waals surface area contributed by atoms with Gasteiger partial charge in [0.1, 0.15) is 0 Å². The van der Waals surface area contributed by atoms with E-state index in [0.29, 0.717) is 13.0 Å². The third-order valence-electron chi connectivity index (χ3n) is 3.03. The monoisotopic (exact) mass is 270 g/mol. The molecule has 0 fully saturated rings. The number of hydrogen-bond donors (Lipinski definition) is 3. The Morgan fingerprint density at radius 1 is 1.06 bits per heavy atom. The Morgan fingerprint density at radius 3 is 2.22 bits per heavy atom. The van der Waals surface area contributed by atoms with Crippen molar-refractivity contribution in [2.45, 2.75) is 57.2 Å². The summed E-state index contributed by atoms with van der Waals surface area (Å²) in [6.07, 6.45) is -1.76. The molecule has 0 saturated heterocycles. The maximum atomic E-state index is 12.1. The summed E-state index contributed by atoms with van der Waals surface area (Å²) in [5.41, 5.74) is 5.19. The number of unbranched alkanes of at least 4 members (excludes halogenated alkanes) is 2. The number of alkyl halides is 3. The predicted molar refractivity (Wildman–Crippen MR) is 66.3 cm³/mol. The van der Waals surface area contributed by atoms with E-state index in [-0.39, 0.29) is 13.0 Å². The van der Waals surface area contributed by atoms with Crippen molar-refractivity contribution in [3.8, 4) is 0 Å². The molecule has 0 aliphatic heterocycles. The summed E-state index contributed by atoms with van der Waals surface area (Å²) < 4.78 is 36.2. The molecule has 0 amide bonds. The molecule has 0 saturated carbocycles. The molecule has 0 aromatic carbocycles. The number of halogens is 3. The summed E-state index contributed by atoms with van der Waals surface area (Å²) in [6.45, 7) is 3.08. The van der Waals surface area contributed by atoms with Crippen LogP contribution in [0.15, 0.2) is 0 Å². The predicted octanol–water partition coefficient (Wildman–Crippen LogP) is 2.19. The van der Waals surface area contributed by atoms with Crippen LogP contribution < -0.4 is 11.1 Å². The van der Waals surface area contributed by atoms with Gasteiger partial charge in [-0.1, -0.05) is 0 Å². The number of hydrogen-bond acceptors (Lipinski definition) is 3. The van der Waals surface area contributed by atoms with Gasteiger partial charge < -0.3 is 16.2 Å². The number of aliphatic hydroxyl groups excluding tert-OH is 1. The first kappa shape index (κ1) is 17.7. The van der Waals surface area contributed by atoms with E-state index >= 15 is 0 Å². The lowest BCUT2D eigenvalue weighted by atomic mass is 9.94. The highest BCUT2D eigenvalue weighted by Crippen LogP contribution is 2.24. The lowest BCUT2D eigenvalue weighted by Crippen LogP contribution is -2.49. The van der Waals surface area contributed by atoms with Gasteiger partial charge >= 0.3 is 6.18 Å². The van der Waals surface area contributed by atoms with Crippen LogP contribution >= 0.6 is 0 Å². The Balaban J connectivity index is 3.81. The van der Waals surface area contributed by atoms with Crippen molar-refractivity contribution < 1.29 is 18.3 Å². The van der Waals surface area contributed by atoms with Crippen LogP contribution in [0.2, 0.25) is 0 Å². The van der Waals surface area contributed by atoms with Gasteiger partial charge in [-0.05, 0) is 45.6 Å². The molecular formula is C12H25F3N2O. The number of nitrogens with one attached hydrogen (secondary N) is 1. The molecule has 1 atom stereocenters. The molecular weight excluding hydrogens is 245 g/mol. The maximum absolute atomic E-state index is 12.1. The second-order valence-corrected chi connectivity index (χ2v) is 4.94. The fourth-order valence-corrected chi connectivity index (χ4v) is 1.75. The fourth-order valence-electron chi connectivity index (χ4n) is 1.75. The molecule has 0 rings (SSSR count). The summed E-state index contributed by atoms with van der Waals surface area (Å²) >= 11 is 0. The Morgan fingerprint density at radius 2 is 1.72 bits per heavy atom. The van der Waals surface area contributed by atoms with Crippen molar-refractivity contribution in [1.82, 2.24) is 5.32 Å². The van der Waals surface area contributed by atoms with Gasteiger partial charge in [0.25, 0.3) is 0 Å². The molecule has 18 heavy (non-hydrogen) atoms. The van der Waals surface area contributed by atoms with Crippen molar-refractivity contribution in [2.24, 2.45) is 5.73 Å². The molecule has 0 bridgehead atoms. The van der Waals surface area contributed by atoms with Crippen molar-refractivity contribution >= 4 is 0 Å². The summed E-state index contributed by atoms with van der Waals surface area (Å²) in [7, 11) is 0. The zero-order chi connectivity index (χ0) is 14.1. The van der Waals surface area contributed by atoms with E-state index in [1.165, 1.54) is 0 Å². The first-order valence-corrected chi connectivity index (χ1v) is 6.46. The summed E-state index contributed by atoms with van der Waals surface area (Å²) in [4.78, 5) is 0. The van der Waals surface area contributed by atoms with Gasteiger partial charge in [0.2, 0.25) is 0 Å². The average Bonchev–Trinajstić information content (AvgIpc) is 2.27. The zero-order valence-electron chi connectivity index (χ0n) is 11.0. The van der Waals surface area contributed by atoms with Gasteiger partial charge in [0.15, 0.2) is 0 Å². The molecule has 3 nitrogen and oxygen atoms in total. The van der Waals surface area contributed by atoms with Crippen LogP contribution in [0.5, 0.6) is 0 Å². The molecule has 6 heteroatoms. The van der Waals surface area contributed by atoms with E-state index < -0.39 is 18.1 Å². The average molecular weight is 270 g/mol. The first-order valence-electron chi connectivity index (χ1n) is 6.46. The van der Waals surface area contributed by atoms with Crippen LogP contribution in [-0.2, 0) is 0 Å². The van der Waals surface area contributed by atoms with Crippen molar-refractivity contribution in [3.63, 3.8) is 0 Å². The molecule has 1 unspecified atom stereocenters. The van der Waals surface area contributed by atoms with Gasteiger partial charge in [-0.25, -0.2) is 0 Å². The molecule has 0 aromatic rings. The second kappa shape index (κ2) is 8.72. The van der Waals surface area contributed by atoms with Crippen LogP contribution in [0.25, 0.3) is 0 Å². The minimum atomic E-state index is -4.09. The second-order valence-electron chi connectivity index (χ2n) is 4.94. The minimum Gasteiger partial charge on any atom is -0.396 e. The Labute approximate surface area is 107 Å². The summed E-state index contributed by atoms with van der Waals surface area (Å²) in [5, 5.41) is 11.8. The van der Waals surface area contributed by atoms with Crippen LogP contribution in [0.1, 0.15) is 45.4 Å². The first-order chi connectivity index (χ1) is 8.33. The SMILES string of the molecule is CC(CN)(CCCC(F)(F)F)NCCCCCO. The molecule has 0 aliphatic carbocycles. The summed E-state index contributed by atoms with van der Waals surface area (Å²) in [6, 6.07) is 0. The maximum Gasteiger partial charge on any atom is 0.389 e. The molecule has 0 heterocycles. The fraction of sp³-hybridized carbons (Fsp3) is 1.00. The Bertz CT molecular complexity index is 212. The number of rotatable bonds is 10. The van der Waals surface area contributed by atoms with Crippen LogP contribution in [0, 0.1) is 0 Å². The van der Waals surface area contributed by atoms with Crippen LogP contribution in [0.4, 0.5) is 13.2 Å². The van der Waals surface area contributed by atoms with Gasteiger partial charge in [0, 0.05) is 25.1 Å². The third kappa shape index (κ3) is 9.67. The van der Waals surface area contributed by atoms with Crippen LogP contribution in [0.3, 0.4) is 0 Å². The van der Waals surface area contributed by atoms with E-state index in [1.54, 1.807) is 0 Å². The molecule has 0 aromatic heterocycles. The number of nitrogens with two attached hydrogens (primary N) is 1. The van der Waals surface area contributed by atoms with Crippen molar-refractivity contribution in [1.29, 1.82) is 0 Å². The lowest BCUT2D eigenvalue weighted by Gasteiger charge is -2.30. The van der Waals surface area contributed by atoms with E-state index in [1.807, 2.05) is 6.92 Å². The molecule has 110 valence electrons. The number of aliphatic hydroxyl groups is 1. The summed E-state index contributed by atoms with van der Waals surface area (Å²) in [5.74, 6) is 0. The normalized spacial score (nSPS) is 15.7. The minimum absolute atomic E-state index is 0.0981. The quantitative estimate of drug-likeness (QED) is 0.533. The lowest BCUT2D eigenvalue weighted by molar-refractivity contribution is -0.136. The van der Waals surface area contributed by atoms with Crippen molar-refractivity contribution in [2.75, 3.05) is 19.7 Å². The Kier molecular flexibility index (Phi) is 8.56. The van der Waals surface area contributed by atoms with Gasteiger partial charge in [0.05, 0.1) is 0 Å². The van der Waals surface area contributed by atoms with Gasteiger partial charge in [-0.15, -0.1) is 0 Å². The van der Waals surface area contributed by atoms with E-state index in [4.69, 9.17) is 10.8 Å². The standard InChI is InChI=1S/C12H25F3N2O/c1-11(10-16,6-5-7-12(13,14)15)17-8-3-2-4-9-18/h17-18H,2-10,16H2,1H3. The highest BCUT2D eigenvalue weighted by Gasteiger charge is 2.29. The highest BCUT2D eigenvalue weighted by atomic mass is 19.4. The van der Waals surface area contributed by atoms with E-state index in [2.05, 4.69) is 5.32 Å². The largest absolute Gasteiger partial charge is 0.396 e. The molecule has 0 radical (unpaired) electrons. The smallest absolute Gasteiger partial charge is 0.389 e. The van der Waals surface area contributed by atoms with Crippen molar-refractivity contribution in [3.05, 3.63) is 0 Å². The highest BCUT2D eigenvalue weighted by molar-refractivity contribution is 4.84. The zero-order valence-corrected chi connectivity index (χ0v) is 11.0. The third-order valence-corrected chi connectivity index (χ3v) is 3.03. The van der Waals surface area contributed by atoms with Gasteiger partial charge in [-0.2, -0.15) is 13.2 Å².